The summed E-state index contributed by atoms with van der Waals surface area (Å²) < 4.78 is 1.12. The lowest BCUT2D eigenvalue weighted by Crippen LogP contribution is -2.15. The monoisotopic (exact) mass is 382 g/mol. The predicted octanol–water partition coefficient (Wildman–Crippen LogP) is 2.79. The fraction of sp³-hybridized carbons (Fsp3) is 0.143. The van der Waals surface area contributed by atoms with Crippen molar-refractivity contribution in [3.8, 4) is 0 Å². The number of halogens is 1. The minimum absolute atomic E-state index is 0.181. The highest BCUT2D eigenvalue weighted by molar-refractivity contribution is 14.1. The maximum atomic E-state index is 12.2. The van der Waals surface area contributed by atoms with E-state index in [9.17, 15) is 4.79 Å². The molecule has 6 heteroatoms. The van der Waals surface area contributed by atoms with E-state index >= 15 is 0 Å². The molecule has 4 N–H and O–H groups in total. The summed E-state index contributed by atoms with van der Waals surface area (Å²) in [4.78, 5) is 16.5. The molecule has 20 heavy (non-hydrogen) atoms. The molecule has 1 heterocycles. The van der Waals surface area contributed by atoms with Crippen molar-refractivity contribution >= 4 is 40.0 Å². The van der Waals surface area contributed by atoms with Crippen molar-refractivity contribution < 1.29 is 4.79 Å². The summed E-state index contributed by atoms with van der Waals surface area (Å²) in [5.74, 6) is 5.67. The number of benzene rings is 1. The summed E-state index contributed by atoms with van der Waals surface area (Å²) >= 11 is 2.22. The van der Waals surface area contributed by atoms with Gasteiger partial charge in [-0.05, 0) is 65.4 Å². The third-order valence-corrected chi connectivity index (χ3v) is 3.47. The number of hydrogen-bond donors (Lipinski definition) is 3. The zero-order valence-corrected chi connectivity index (χ0v) is 13.1. The van der Waals surface area contributed by atoms with Gasteiger partial charge in [0, 0.05) is 20.5 Å². The Labute approximate surface area is 131 Å². The molecule has 0 aliphatic heterocycles. The first kappa shape index (κ1) is 14.7. The number of amides is 1. The lowest BCUT2D eigenvalue weighted by Gasteiger charge is -2.08. The van der Waals surface area contributed by atoms with Gasteiger partial charge in [0.1, 0.15) is 5.82 Å². The second-order valence-electron chi connectivity index (χ2n) is 4.19. The molecule has 0 saturated heterocycles. The van der Waals surface area contributed by atoms with E-state index in [0.717, 1.165) is 21.4 Å². The fourth-order valence-corrected chi connectivity index (χ4v) is 2.07. The van der Waals surface area contributed by atoms with Crippen LogP contribution in [-0.4, -0.2) is 10.9 Å². The van der Waals surface area contributed by atoms with Gasteiger partial charge in [-0.25, -0.2) is 10.8 Å². The standard InChI is InChI=1S/C14H15IN4O/c1-2-11-7-9(8-13(17-11)19-16)14(20)18-12-5-3-10(15)4-6-12/h3-8H,2,16H2,1H3,(H,17,19)(H,18,20). The van der Waals surface area contributed by atoms with Crippen LogP contribution in [0.5, 0.6) is 0 Å². The molecule has 1 amide bonds. The highest BCUT2D eigenvalue weighted by Gasteiger charge is 2.09. The molecule has 0 saturated carbocycles. The number of anilines is 2. The van der Waals surface area contributed by atoms with Crippen LogP contribution in [0.4, 0.5) is 11.5 Å². The number of pyridine rings is 1. The third-order valence-electron chi connectivity index (χ3n) is 2.75. The number of carbonyl (C=O) groups excluding carboxylic acids is 1. The van der Waals surface area contributed by atoms with Gasteiger partial charge in [-0.3, -0.25) is 4.79 Å². The quantitative estimate of drug-likeness (QED) is 0.432. The number of nitrogens with one attached hydrogen (secondary N) is 2. The third kappa shape index (κ3) is 3.67. The van der Waals surface area contributed by atoms with E-state index in [-0.39, 0.29) is 5.91 Å². The number of aryl methyl sites for hydroxylation is 1. The normalized spacial score (nSPS) is 10.2. The van der Waals surface area contributed by atoms with Crippen LogP contribution < -0.4 is 16.6 Å². The molecule has 2 rings (SSSR count). The number of carbonyl (C=O) groups is 1. The van der Waals surface area contributed by atoms with Crippen LogP contribution in [0.3, 0.4) is 0 Å². The van der Waals surface area contributed by atoms with Crippen molar-refractivity contribution in [2.24, 2.45) is 5.84 Å². The highest BCUT2D eigenvalue weighted by atomic mass is 127. The van der Waals surface area contributed by atoms with E-state index in [1.165, 1.54) is 0 Å². The van der Waals surface area contributed by atoms with Crippen LogP contribution >= 0.6 is 22.6 Å². The van der Waals surface area contributed by atoms with Crippen LogP contribution in [-0.2, 0) is 6.42 Å². The van der Waals surface area contributed by atoms with E-state index in [0.29, 0.717) is 11.4 Å². The maximum Gasteiger partial charge on any atom is 0.255 e. The number of hydrogen-bond acceptors (Lipinski definition) is 4. The van der Waals surface area contributed by atoms with Crippen molar-refractivity contribution in [1.82, 2.24) is 4.98 Å². The fourth-order valence-electron chi connectivity index (χ4n) is 1.71. The van der Waals surface area contributed by atoms with Crippen LogP contribution in [0.2, 0.25) is 0 Å². The lowest BCUT2D eigenvalue weighted by molar-refractivity contribution is 0.102. The van der Waals surface area contributed by atoms with Crippen molar-refractivity contribution in [3.63, 3.8) is 0 Å². The number of rotatable bonds is 4. The van der Waals surface area contributed by atoms with Crippen molar-refractivity contribution in [2.75, 3.05) is 10.7 Å². The summed E-state index contributed by atoms with van der Waals surface area (Å²) in [6, 6.07) is 11.0. The second kappa shape index (κ2) is 6.67. The Bertz CT molecular complexity index is 591. The molecule has 104 valence electrons. The Morgan fingerprint density at radius 2 is 2.00 bits per heavy atom. The average Bonchev–Trinajstić information content (AvgIpc) is 2.48. The van der Waals surface area contributed by atoms with Gasteiger partial charge in [0.25, 0.3) is 5.91 Å². The van der Waals surface area contributed by atoms with Crippen molar-refractivity contribution in [1.29, 1.82) is 0 Å². The zero-order valence-electron chi connectivity index (χ0n) is 11.0. The van der Waals surface area contributed by atoms with Gasteiger partial charge in [-0.1, -0.05) is 6.92 Å². The summed E-state index contributed by atoms with van der Waals surface area (Å²) in [6.45, 7) is 1.98. The summed E-state index contributed by atoms with van der Waals surface area (Å²) in [5, 5.41) is 2.85. The molecule has 2 aromatic rings. The number of nitrogens with two attached hydrogens (primary N) is 1. The molecule has 0 atom stereocenters. The van der Waals surface area contributed by atoms with Crippen LogP contribution in [0.1, 0.15) is 23.0 Å². The lowest BCUT2D eigenvalue weighted by atomic mass is 10.1. The Hall–Kier alpha value is -1.67. The zero-order chi connectivity index (χ0) is 14.5. The van der Waals surface area contributed by atoms with E-state index in [1.54, 1.807) is 12.1 Å². The SMILES string of the molecule is CCc1cc(C(=O)Nc2ccc(I)cc2)cc(NN)n1. The van der Waals surface area contributed by atoms with Gasteiger partial charge in [0.05, 0.1) is 0 Å². The molecular weight excluding hydrogens is 367 g/mol. The largest absolute Gasteiger partial charge is 0.322 e. The van der Waals surface area contributed by atoms with Crippen molar-refractivity contribution in [3.05, 3.63) is 51.2 Å². The van der Waals surface area contributed by atoms with Gasteiger partial charge in [0.2, 0.25) is 0 Å². The molecule has 0 unspecified atom stereocenters. The molecule has 0 aliphatic rings. The molecule has 0 radical (unpaired) electrons. The minimum Gasteiger partial charge on any atom is -0.322 e. The molecule has 5 nitrogen and oxygen atoms in total. The first-order valence-corrected chi connectivity index (χ1v) is 7.24. The molecule has 1 aromatic carbocycles. The summed E-state index contributed by atoms with van der Waals surface area (Å²) in [7, 11) is 0. The first-order valence-electron chi connectivity index (χ1n) is 6.17. The first-order chi connectivity index (χ1) is 9.62. The van der Waals surface area contributed by atoms with E-state index in [4.69, 9.17) is 5.84 Å². The molecule has 1 aromatic heterocycles. The van der Waals surface area contributed by atoms with Gasteiger partial charge in [0.15, 0.2) is 0 Å². The minimum atomic E-state index is -0.181. The number of nitrogen functional groups attached to an aromatic ring is 1. The molecular formula is C14H15IN4O. The van der Waals surface area contributed by atoms with E-state index < -0.39 is 0 Å². The number of aromatic nitrogens is 1. The van der Waals surface area contributed by atoms with E-state index in [1.807, 2.05) is 31.2 Å². The Morgan fingerprint density at radius 1 is 1.30 bits per heavy atom. The molecule has 0 spiro atoms. The van der Waals surface area contributed by atoms with Crippen molar-refractivity contribution in [2.45, 2.75) is 13.3 Å². The van der Waals surface area contributed by atoms with Crippen LogP contribution in [0, 0.1) is 3.57 Å². The van der Waals surface area contributed by atoms with Gasteiger partial charge in [-0.15, -0.1) is 0 Å². The van der Waals surface area contributed by atoms with Crippen LogP contribution in [0.25, 0.3) is 0 Å². The molecule has 0 bridgehead atoms. The van der Waals surface area contributed by atoms with Crippen LogP contribution in [0.15, 0.2) is 36.4 Å². The number of nitrogens with zero attached hydrogens (tertiary/aromatic N) is 1. The smallest absolute Gasteiger partial charge is 0.255 e. The average molecular weight is 382 g/mol. The summed E-state index contributed by atoms with van der Waals surface area (Å²) in [5.41, 5.74) is 4.58. The topological polar surface area (TPSA) is 80.0 Å². The number of hydrazine groups is 1. The summed E-state index contributed by atoms with van der Waals surface area (Å²) in [6.07, 6.45) is 0.735. The van der Waals surface area contributed by atoms with Gasteiger partial charge in [-0.2, -0.15) is 0 Å². The Morgan fingerprint density at radius 3 is 2.60 bits per heavy atom. The second-order valence-corrected chi connectivity index (χ2v) is 5.44. The molecule has 0 fully saturated rings. The van der Waals surface area contributed by atoms with Gasteiger partial charge < -0.3 is 10.7 Å². The van der Waals surface area contributed by atoms with E-state index in [2.05, 4.69) is 38.3 Å². The maximum absolute atomic E-state index is 12.2. The molecule has 0 aliphatic carbocycles. The Kier molecular flexibility index (Phi) is 4.91. The highest BCUT2D eigenvalue weighted by Crippen LogP contribution is 2.15. The predicted molar refractivity (Wildman–Crippen MR) is 88.5 cm³/mol. The van der Waals surface area contributed by atoms with Gasteiger partial charge >= 0.3 is 0 Å². The Balaban J connectivity index is 2.22.